The molecule has 0 fully saturated rings. The van der Waals surface area contributed by atoms with Crippen LogP contribution in [0, 0.1) is 11.3 Å². The molecule has 108 valence electrons. The van der Waals surface area contributed by atoms with Gasteiger partial charge in [0.05, 0.1) is 11.3 Å². The van der Waals surface area contributed by atoms with Gasteiger partial charge in [-0.1, -0.05) is 6.07 Å². The van der Waals surface area contributed by atoms with Gasteiger partial charge in [-0.2, -0.15) is 5.26 Å². The number of benzene rings is 1. The van der Waals surface area contributed by atoms with Gasteiger partial charge in [-0.3, -0.25) is 4.79 Å². The van der Waals surface area contributed by atoms with E-state index in [0.717, 1.165) is 4.88 Å². The minimum Gasteiger partial charge on any atom is -0.383 e. The Bertz CT molecular complexity index is 685. The molecule has 0 saturated carbocycles. The predicted molar refractivity (Wildman–Crippen MR) is 83.5 cm³/mol. The number of carbonyl (C=O) groups is 1. The van der Waals surface area contributed by atoms with E-state index in [1.807, 2.05) is 17.5 Å². The number of thiophene rings is 1. The van der Waals surface area contributed by atoms with Crippen molar-refractivity contribution >= 4 is 22.8 Å². The summed E-state index contributed by atoms with van der Waals surface area (Å²) in [5.74, 6) is -0.0624. The van der Waals surface area contributed by atoms with Crippen molar-refractivity contribution in [3.8, 4) is 6.07 Å². The molecule has 2 aromatic rings. The number of anilines is 1. The smallest absolute Gasteiger partial charge is 0.159 e. The molecule has 4 nitrogen and oxygen atoms in total. The van der Waals surface area contributed by atoms with Gasteiger partial charge in [0.2, 0.25) is 0 Å². The van der Waals surface area contributed by atoms with E-state index in [1.54, 1.807) is 25.1 Å². The van der Waals surface area contributed by atoms with Crippen molar-refractivity contribution in [2.75, 3.05) is 11.9 Å². The van der Waals surface area contributed by atoms with Crippen molar-refractivity contribution in [3.63, 3.8) is 0 Å². The molecule has 0 spiro atoms. The number of ketones is 1. The van der Waals surface area contributed by atoms with Crippen LogP contribution in [0.4, 0.5) is 5.69 Å². The van der Waals surface area contributed by atoms with Gasteiger partial charge in [-0.25, -0.2) is 0 Å². The van der Waals surface area contributed by atoms with Crippen LogP contribution in [0.5, 0.6) is 0 Å². The first-order valence-electron chi connectivity index (χ1n) is 6.49. The van der Waals surface area contributed by atoms with Crippen molar-refractivity contribution in [1.82, 2.24) is 0 Å². The van der Waals surface area contributed by atoms with Crippen LogP contribution >= 0.6 is 11.3 Å². The average Bonchev–Trinajstić information content (AvgIpc) is 2.99. The third kappa shape index (κ3) is 3.48. The zero-order valence-corrected chi connectivity index (χ0v) is 12.7. The van der Waals surface area contributed by atoms with Crippen molar-refractivity contribution < 1.29 is 9.90 Å². The Labute approximate surface area is 127 Å². The molecule has 2 rings (SSSR count). The lowest BCUT2D eigenvalue weighted by Crippen LogP contribution is -2.30. The van der Waals surface area contributed by atoms with Crippen LogP contribution in [0.1, 0.15) is 34.6 Å². The number of nitriles is 1. The van der Waals surface area contributed by atoms with Gasteiger partial charge in [0.15, 0.2) is 5.78 Å². The van der Waals surface area contributed by atoms with E-state index in [2.05, 4.69) is 11.4 Å². The molecule has 0 saturated heterocycles. The average molecular weight is 300 g/mol. The molecule has 0 radical (unpaired) electrons. The summed E-state index contributed by atoms with van der Waals surface area (Å²) in [6, 6.07) is 10.7. The number of hydrogen-bond acceptors (Lipinski definition) is 5. The number of Topliss-reactive ketones (excluding diaryl/α,β-unsaturated/α-hetero) is 1. The molecule has 0 aliphatic heterocycles. The summed E-state index contributed by atoms with van der Waals surface area (Å²) in [5, 5.41) is 24.6. The predicted octanol–water partition coefficient (Wildman–Crippen LogP) is 3.14. The number of rotatable bonds is 5. The van der Waals surface area contributed by atoms with Crippen LogP contribution in [0.15, 0.2) is 35.7 Å². The molecule has 5 heteroatoms. The van der Waals surface area contributed by atoms with Gasteiger partial charge < -0.3 is 10.4 Å². The minimum absolute atomic E-state index is 0.0624. The van der Waals surface area contributed by atoms with E-state index in [0.29, 0.717) is 16.8 Å². The summed E-state index contributed by atoms with van der Waals surface area (Å²) in [4.78, 5) is 12.3. The van der Waals surface area contributed by atoms with Crippen LogP contribution < -0.4 is 5.32 Å². The first-order valence-corrected chi connectivity index (χ1v) is 7.37. The van der Waals surface area contributed by atoms with Gasteiger partial charge in [0, 0.05) is 17.0 Å². The van der Waals surface area contributed by atoms with Gasteiger partial charge in [-0.05, 0) is 43.5 Å². The standard InChI is InChI=1S/C16H16N2O2S/c1-11(19)12-5-6-13(9-17)14(8-12)18-10-16(2,20)15-4-3-7-21-15/h3-8,18,20H,10H2,1-2H3. The largest absolute Gasteiger partial charge is 0.383 e. The third-order valence-electron chi connectivity index (χ3n) is 3.22. The lowest BCUT2D eigenvalue weighted by Gasteiger charge is -2.23. The van der Waals surface area contributed by atoms with Crippen molar-refractivity contribution in [3.05, 3.63) is 51.7 Å². The second-order valence-electron chi connectivity index (χ2n) is 5.03. The van der Waals surface area contributed by atoms with Crippen LogP contribution in [0.25, 0.3) is 0 Å². The Morgan fingerprint density at radius 2 is 2.24 bits per heavy atom. The lowest BCUT2D eigenvalue weighted by molar-refractivity contribution is 0.0754. The first kappa shape index (κ1) is 15.2. The molecule has 1 heterocycles. The summed E-state index contributed by atoms with van der Waals surface area (Å²) < 4.78 is 0. The quantitative estimate of drug-likeness (QED) is 0.832. The van der Waals surface area contributed by atoms with Gasteiger partial charge >= 0.3 is 0 Å². The van der Waals surface area contributed by atoms with Gasteiger partial charge in [0.1, 0.15) is 11.7 Å². The van der Waals surface area contributed by atoms with Crippen molar-refractivity contribution in [2.45, 2.75) is 19.4 Å². The molecule has 1 aromatic carbocycles. The highest BCUT2D eigenvalue weighted by molar-refractivity contribution is 7.10. The molecule has 1 aromatic heterocycles. The van der Waals surface area contributed by atoms with Crippen LogP contribution in [-0.2, 0) is 5.60 Å². The number of nitrogens with one attached hydrogen (secondary N) is 1. The summed E-state index contributed by atoms with van der Waals surface area (Å²) in [6.07, 6.45) is 0. The molecule has 0 amide bonds. The summed E-state index contributed by atoms with van der Waals surface area (Å²) in [7, 11) is 0. The number of aliphatic hydroxyl groups is 1. The van der Waals surface area contributed by atoms with E-state index in [1.165, 1.54) is 18.3 Å². The summed E-state index contributed by atoms with van der Waals surface area (Å²) >= 11 is 1.47. The third-order valence-corrected chi connectivity index (χ3v) is 4.34. The maximum Gasteiger partial charge on any atom is 0.159 e. The topological polar surface area (TPSA) is 73.1 Å². The minimum atomic E-state index is -1.03. The SMILES string of the molecule is CC(=O)c1ccc(C#N)c(NCC(C)(O)c2cccs2)c1. The van der Waals surface area contributed by atoms with E-state index in [4.69, 9.17) is 5.26 Å². The molecular formula is C16H16N2O2S. The maximum absolute atomic E-state index is 11.4. The van der Waals surface area contributed by atoms with Crippen LogP contribution in [0.2, 0.25) is 0 Å². The van der Waals surface area contributed by atoms with Gasteiger partial charge in [-0.15, -0.1) is 11.3 Å². The number of carbonyl (C=O) groups excluding carboxylic acids is 1. The van der Waals surface area contributed by atoms with Gasteiger partial charge in [0.25, 0.3) is 0 Å². The van der Waals surface area contributed by atoms with Crippen molar-refractivity contribution in [2.24, 2.45) is 0 Å². The zero-order chi connectivity index (χ0) is 15.5. The second-order valence-corrected chi connectivity index (χ2v) is 5.98. The summed E-state index contributed by atoms with van der Waals surface area (Å²) in [5.41, 5.74) is 0.504. The van der Waals surface area contributed by atoms with Crippen LogP contribution in [-0.4, -0.2) is 17.4 Å². The van der Waals surface area contributed by atoms with E-state index >= 15 is 0 Å². The highest BCUT2D eigenvalue weighted by atomic mass is 32.1. The van der Waals surface area contributed by atoms with E-state index < -0.39 is 5.60 Å². The van der Waals surface area contributed by atoms with Crippen LogP contribution in [0.3, 0.4) is 0 Å². The van der Waals surface area contributed by atoms with E-state index in [9.17, 15) is 9.90 Å². The molecule has 21 heavy (non-hydrogen) atoms. The Kier molecular flexibility index (Phi) is 4.41. The fraction of sp³-hybridized carbons (Fsp3) is 0.250. The molecule has 1 unspecified atom stereocenters. The molecule has 0 aliphatic carbocycles. The maximum atomic E-state index is 11.4. The molecule has 0 aliphatic rings. The monoisotopic (exact) mass is 300 g/mol. The molecule has 0 bridgehead atoms. The zero-order valence-electron chi connectivity index (χ0n) is 11.9. The Balaban J connectivity index is 2.21. The lowest BCUT2D eigenvalue weighted by atomic mass is 10.0. The highest BCUT2D eigenvalue weighted by Gasteiger charge is 2.24. The molecule has 2 N–H and O–H groups in total. The number of nitrogens with zero attached hydrogens (tertiary/aromatic N) is 1. The second kappa shape index (κ2) is 6.08. The van der Waals surface area contributed by atoms with Crippen molar-refractivity contribution in [1.29, 1.82) is 5.26 Å². The fourth-order valence-electron chi connectivity index (χ4n) is 1.95. The Morgan fingerprint density at radius 3 is 2.81 bits per heavy atom. The Hall–Kier alpha value is -2.16. The van der Waals surface area contributed by atoms with E-state index in [-0.39, 0.29) is 12.3 Å². The highest BCUT2D eigenvalue weighted by Crippen LogP contribution is 2.26. The Morgan fingerprint density at radius 1 is 1.48 bits per heavy atom. The molecule has 1 atom stereocenters. The fourth-order valence-corrected chi connectivity index (χ4v) is 2.73. The normalized spacial score (nSPS) is 13.2. The molecular weight excluding hydrogens is 284 g/mol. The number of hydrogen-bond donors (Lipinski definition) is 2. The first-order chi connectivity index (χ1) is 9.94. The summed E-state index contributed by atoms with van der Waals surface area (Å²) in [6.45, 7) is 3.45.